The number of rotatable bonds is 8. The van der Waals surface area contributed by atoms with Gasteiger partial charge in [0.25, 0.3) is 5.91 Å². The first-order valence-electron chi connectivity index (χ1n) is 8.10. The van der Waals surface area contributed by atoms with Crippen molar-refractivity contribution in [3.63, 3.8) is 0 Å². The second kappa shape index (κ2) is 9.07. The Morgan fingerprint density at radius 2 is 1.92 bits per heavy atom. The van der Waals surface area contributed by atoms with E-state index in [0.717, 1.165) is 17.0 Å². The third-order valence-electron chi connectivity index (χ3n) is 3.66. The van der Waals surface area contributed by atoms with Crippen molar-refractivity contribution in [2.75, 3.05) is 20.3 Å². The zero-order valence-corrected chi connectivity index (χ0v) is 15.2. The standard InChI is InChI=1S/C19H19N3O3S/c1-24-9-10-25-16-4-2-14(3-5-16)19(23)22-12-17-18(21-8-7-20-17)15-6-11-26-13-15/h2-8,11,13H,9-10,12H2,1H3,(H,22,23). The maximum Gasteiger partial charge on any atom is 0.251 e. The first-order chi connectivity index (χ1) is 12.8. The van der Waals surface area contributed by atoms with Gasteiger partial charge >= 0.3 is 0 Å². The number of thiophene rings is 1. The van der Waals surface area contributed by atoms with Gasteiger partial charge in [-0.3, -0.25) is 14.8 Å². The van der Waals surface area contributed by atoms with E-state index in [-0.39, 0.29) is 5.91 Å². The maximum absolute atomic E-state index is 12.4. The molecule has 3 rings (SSSR count). The van der Waals surface area contributed by atoms with Crippen molar-refractivity contribution in [3.8, 4) is 17.0 Å². The number of carbonyl (C=O) groups excluding carboxylic acids is 1. The highest BCUT2D eigenvalue weighted by atomic mass is 32.1. The van der Waals surface area contributed by atoms with Crippen LogP contribution < -0.4 is 10.1 Å². The van der Waals surface area contributed by atoms with Crippen LogP contribution in [0.25, 0.3) is 11.3 Å². The number of methoxy groups -OCH3 is 1. The van der Waals surface area contributed by atoms with Crippen LogP contribution in [0, 0.1) is 0 Å². The van der Waals surface area contributed by atoms with Crippen molar-refractivity contribution in [3.05, 3.63) is 64.7 Å². The lowest BCUT2D eigenvalue weighted by molar-refractivity contribution is 0.0950. The van der Waals surface area contributed by atoms with Gasteiger partial charge in [0.1, 0.15) is 12.4 Å². The third-order valence-corrected chi connectivity index (χ3v) is 4.34. The van der Waals surface area contributed by atoms with Gasteiger partial charge in [-0.25, -0.2) is 0 Å². The maximum atomic E-state index is 12.4. The SMILES string of the molecule is COCCOc1ccc(C(=O)NCc2nccnc2-c2ccsc2)cc1. The minimum Gasteiger partial charge on any atom is -0.491 e. The van der Waals surface area contributed by atoms with Gasteiger partial charge in [0.05, 0.1) is 24.5 Å². The highest BCUT2D eigenvalue weighted by molar-refractivity contribution is 7.08. The molecule has 0 bridgehead atoms. The molecule has 0 aliphatic heterocycles. The molecule has 26 heavy (non-hydrogen) atoms. The summed E-state index contributed by atoms with van der Waals surface area (Å²) < 4.78 is 10.4. The van der Waals surface area contributed by atoms with Crippen LogP contribution >= 0.6 is 11.3 Å². The van der Waals surface area contributed by atoms with Gasteiger partial charge in [0.2, 0.25) is 0 Å². The molecular weight excluding hydrogens is 350 g/mol. The van der Waals surface area contributed by atoms with E-state index in [0.29, 0.717) is 31.1 Å². The van der Waals surface area contributed by atoms with Crippen LogP contribution in [-0.4, -0.2) is 36.2 Å². The number of aromatic nitrogens is 2. The van der Waals surface area contributed by atoms with Crippen LogP contribution in [-0.2, 0) is 11.3 Å². The Morgan fingerprint density at radius 3 is 2.65 bits per heavy atom. The molecule has 0 atom stereocenters. The van der Waals surface area contributed by atoms with Crippen molar-refractivity contribution in [1.29, 1.82) is 0 Å². The van der Waals surface area contributed by atoms with Crippen LogP contribution in [0.5, 0.6) is 5.75 Å². The van der Waals surface area contributed by atoms with Crippen molar-refractivity contribution in [1.82, 2.24) is 15.3 Å². The highest BCUT2D eigenvalue weighted by Crippen LogP contribution is 2.22. The van der Waals surface area contributed by atoms with Gasteiger partial charge in [-0.05, 0) is 35.7 Å². The minimum absolute atomic E-state index is 0.171. The molecule has 0 saturated heterocycles. The Bertz CT molecular complexity index is 836. The molecule has 2 heterocycles. The molecule has 2 aromatic heterocycles. The summed E-state index contributed by atoms with van der Waals surface area (Å²) in [7, 11) is 1.62. The summed E-state index contributed by atoms with van der Waals surface area (Å²) in [6, 6.07) is 8.98. The normalized spacial score (nSPS) is 10.5. The zero-order valence-electron chi connectivity index (χ0n) is 14.3. The summed E-state index contributed by atoms with van der Waals surface area (Å²) in [4.78, 5) is 21.1. The average molecular weight is 369 g/mol. The number of nitrogens with zero attached hydrogens (tertiary/aromatic N) is 2. The average Bonchev–Trinajstić information content (AvgIpc) is 3.22. The van der Waals surface area contributed by atoms with Crippen LogP contribution in [0.15, 0.2) is 53.5 Å². The van der Waals surface area contributed by atoms with Crippen molar-refractivity contribution in [2.45, 2.75) is 6.54 Å². The number of benzene rings is 1. The topological polar surface area (TPSA) is 73.3 Å². The molecular formula is C19H19N3O3S. The molecule has 0 unspecified atom stereocenters. The Hall–Kier alpha value is -2.77. The quantitative estimate of drug-likeness (QED) is 0.618. The molecule has 1 aromatic carbocycles. The smallest absolute Gasteiger partial charge is 0.251 e. The predicted molar refractivity (Wildman–Crippen MR) is 100 cm³/mol. The molecule has 3 aromatic rings. The Morgan fingerprint density at radius 1 is 1.12 bits per heavy atom. The van der Waals surface area contributed by atoms with E-state index >= 15 is 0 Å². The summed E-state index contributed by atoms with van der Waals surface area (Å²) in [6.45, 7) is 1.30. The number of carbonyl (C=O) groups is 1. The summed E-state index contributed by atoms with van der Waals surface area (Å²) in [6.07, 6.45) is 3.28. The van der Waals surface area contributed by atoms with E-state index in [9.17, 15) is 4.79 Å². The molecule has 0 saturated carbocycles. The highest BCUT2D eigenvalue weighted by Gasteiger charge is 2.11. The van der Waals surface area contributed by atoms with Crippen molar-refractivity contribution in [2.24, 2.45) is 0 Å². The lowest BCUT2D eigenvalue weighted by Crippen LogP contribution is -2.23. The number of hydrogen-bond acceptors (Lipinski definition) is 6. The van der Waals surface area contributed by atoms with Gasteiger partial charge < -0.3 is 14.8 Å². The molecule has 0 aliphatic carbocycles. The van der Waals surface area contributed by atoms with Crippen LogP contribution in [0.2, 0.25) is 0 Å². The molecule has 0 spiro atoms. The molecule has 1 amide bonds. The van der Waals surface area contributed by atoms with Crippen molar-refractivity contribution < 1.29 is 14.3 Å². The number of hydrogen-bond donors (Lipinski definition) is 1. The number of nitrogens with one attached hydrogen (secondary N) is 1. The minimum atomic E-state index is -0.171. The van der Waals surface area contributed by atoms with Gasteiger partial charge in [-0.2, -0.15) is 11.3 Å². The van der Waals surface area contributed by atoms with Gasteiger partial charge in [-0.15, -0.1) is 0 Å². The van der Waals surface area contributed by atoms with Crippen LogP contribution in [0.3, 0.4) is 0 Å². The van der Waals surface area contributed by atoms with Crippen LogP contribution in [0.1, 0.15) is 16.1 Å². The van der Waals surface area contributed by atoms with E-state index in [2.05, 4.69) is 15.3 Å². The molecule has 1 N–H and O–H groups in total. The number of ether oxygens (including phenoxy) is 2. The molecule has 0 radical (unpaired) electrons. The number of amides is 1. The second-order valence-corrected chi connectivity index (χ2v) is 6.19. The van der Waals surface area contributed by atoms with Crippen LogP contribution in [0.4, 0.5) is 0 Å². The summed E-state index contributed by atoms with van der Waals surface area (Å²) in [5.41, 5.74) is 3.09. The van der Waals surface area contributed by atoms with E-state index in [4.69, 9.17) is 9.47 Å². The first kappa shape index (κ1) is 18.0. The first-order valence-corrected chi connectivity index (χ1v) is 9.04. The van der Waals surface area contributed by atoms with E-state index in [1.54, 1.807) is 55.1 Å². The summed E-state index contributed by atoms with van der Waals surface area (Å²) in [5, 5.41) is 6.89. The second-order valence-electron chi connectivity index (χ2n) is 5.41. The van der Waals surface area contributed by atoms with E-state index < -0.39 is 0 Å². The molecule has 0 aliphatic rings. The van der Waals surface area contributed by atoms with Gasteiger partial charge in [-0.1, -0.05) is 0 Å². The fourth-order valence-electron chi connectivity index (χ4n) is 2.35. The zero-order chi connectivity index (χ0) is 18.2. The largest absolute Gasteiger partial charge is 0.491 e. The fraction of sp³-hybridized carbons (Fsp3) is 0.211. The molecule has 6 nitrogen and oxygen atoms in total. The van der Waals surface area contributed by atoms with E-state index in [1.807, 2.05) is 16.8 Å². The van der Waals surface area contributed by atoms with E-state index in [1.165, 1.54) is 0 Å². The molecule has 134 valence electrons. The molecule has 0 fully saturated rings. The Kier molecular flexibility index (Phi) is 6.29. The van der Waals surface area contributed by atoms with Gasteiger partial charge in [0.15, 0.2) is 0 Å². The monoisotopic (exact) mass is 369 g/mol. The Labute approximate surface area is 155 Å². The fourth-order valence-corrected chi connectivity index (χ4v) is 2.99. The lowest BCUT2D eigenvalue weighted by atomic mass is 10.1. The van der Waals surface area contributed by atoms with Crippen molar-refractivity contribution >= 4 is 17.2 Å². The lowest BCUT2D eigenvalue weighted by Gasteiger charge is -2.09. The van der Waals surface area contributed by atoms with Gasteiger partial charge in [0, 0.05) is 36.0 Å². The Balaban J connectivity index is 1.61. The summed E-state index contributed by atoms with van der Waals surface area (Å²) >= 11 is 1.60. The molecule has 7 heteroatoms. The third kappa shape index (κ3) is 4.65. The predicted octanol–water partition coefficient (Wildman–Crippen LogP) is 3.16. The summed E-state index contributed by atoms with van der Waals surface area (Å²) in [5.74, 6) is 0.530.